The molecule has 0 bridgehead atoms. The van der Waals surface area contributed by atoms with Gasteiger partial charge in [-0.3, -0.25) is 14.3 Å². The van der Waals surface area contributed by atoms with Gasteiger partial charge in [0.1, 0.15) is 5.82 Å². The molecule has 0 spiro atoms. The number of H-pyrrole nitrogens is 1. The van der Waals surface area contributed by atoms with Gasteiger partial charge in [0.15, 0.2) is 11.2 Å². The Morgan fingerprint density at radius 3 is 2.47 bits per heavy atom. The lowest BCUT2D eigenvalue weighted by atomic mass is 10.2. The molecular formula is C12H19N5O2. The molecule has 0 aliphatic heterocycles. The van der Waals surface area contributed by atoms with E-state index in [4.69, 9.17) is 5.73 Å². The summed E-state index contributed by atoms with van der Waals surface area (Å²) in [5, 5.41) is 0. The largest absolute Gasteiger partial charge is 0.330 e. The summed E-state index contributed by atoms with van der Waals surface area (Å²) in [4.78, 5) is 30.5. The quantitative estimate of drug-likeness (QED) is 0.822. The number of fused-ring (bicyclic) bond motifs is 1. The molecule has 0 aliphatic carbocycles. The third-order valence-corrected chi connectivity index (χ3v) is 3.00. The fraction of sp³-hybridized carbons (Fsp3) is 0.583. The SMILES string of the molecule is CC(C)Cn1c(=O)[nH]c(=O)c2c1nc(C(C)N)n2C. The third-order valence-electron chi connectivity index (χ3n) is 3.00. The number of nitrogens with one attached hydrogen (secondary N) is 1. The second-order valence-corrected chi connectivity index (χ2v) is 5.25. The van der Waals surface area contributed by atoms with Crippen molar-refractivity contribution in [3.05, 3.63) is 26.7 Å². The van der Waals surface area contributed by atoms with Crippen molar-refractivity contribution >= 4 is 11.2 Å². The van der Waals surface area contributed by atoms with Gasteiger partial charge in [-0.25, -0.2) is 9.78 Å². The van der Waals surface area contributed by atoms with Crippen LogP contribution in [-0.2, 0) is 13.6 Å². The molecule has 2 aromatic heterocycles. The van der Waals surface area contributed by atoms with Crippen LogP contribution in [0.3, 0.4) is 0 Å². The first-order valence-corrected chi connectivity index (χ1v) is 6.28. The van der Waals surface area contributed by atoms with E-state index in [2.05, 4.69) is 9.97 Å². The van der Waals surface area contributed by atoms with Crippen LogP contribution in [0.4, 0.5) is 0 Å². The summed E-state index contributed by atoms with van der Waals surface area (Å²) in [6.45, 7) is 6.29. The van der Waals surface area contributed by atoms with Gasteiger partial charge in [0.05, 0.1) is 6.04 Å². The van der Waals surface area contributed by atoms with Gasteiger partial charge in [0.2, 0.25) is 0 Å². The standard InChI is InChI=1S/C12H19N5O2/c1-6(2)5-17-10-8(11(18)15-12(17)19)16(4)9(14-10)7(3)13/h6-7H,5,13H2,1-4H3,(H,15,18,19). The maximum Gasteiger partial charge on any atom is 0.330 e. The summed E-state index contributed by atoms with van der Waals surface area (Å²) in [6.07, 6.45) is 0. The Bertz CT molecular complexity index is 720. The van der Waals surface area contributed by atoms with E-state index in [1.165, 1.54) is 4.57 Å². The molecule has 1 atom stereocenters. The normalized spacial score (nSPS) is 13.4. The van der Waals surface area contributed by atoms with E-state index in [1.54, 1.807) is 18.5 Å². The number of aromatic nitrogens is 4. The van der Waals surface area contributed by atoms with Crippen LogP contribution >= 0.6 is 0 Å². The molecule has 0 aromatic carbocycles. The van der Waals surface area contributed by atoms with E-state index in [0.29, 0.717) is 23.5 Å². The fourth-order valence-corrected chi connectivity index (χ4v) is 2.20. The van der Waals surface area contributed by atoms with E-state index < -0.39 is 11.2 Å². The number of hydrogen-bond donors (Lipinski definition) is 2. The minimum absolute atomic E-state index is 0.271. The summed E-state index contributed by atoms with van der Waals surface area (Å²) in [5.41, 5.74) is 5.76. The summed E-state index contributed by atoms with van der Waals surface area (Å²) in [6, 6.07) is -0.306. The van der Waals surface area contributed by atoms with Crippen LogP contribution in [0.25, 0.3) is 11.2 Å². The molecule has 1 unspecified atom stereocenters. The summed E-state index contributed by atoms with van der Waals surface area (Å²) in [5.74, 6) is 0.858. The van der Waals surface area contributed by atoms with Crippen molar-refractivity contribution in [3.8, 4) is 0 Å². The topological polar surface area (TPSA) is 98.7 Å². The smallest absolute Gasteiger partial charge is 0.324 e. The van der Waals surface area contributed by atoms with Crippen molar-refractivity contribution in [2.24, 2.45) is 18.7 Å². The van der Waals surface area contributed by atoms with E-state index >= 15 is 0 Å². The van der Waals surface area contributed by atoms with Crippen LogP contribution in [0.1, 0.15) is 32.6 Å². The highest BCUT2D eigenvalue weighted by Gasteiger charge is 2.18. The molecule has 3 N–H and O–H groups in total. The highest BCUT2D eigenvalue weighted by molar-refractivity contribution is 5.70. The van der Waals surface area contributed by atoms with Gasteiger partial charge in [-0.1, -0.05) is 13.8 Å². The van der Waals surface area contributed by atoms with Crippen molar-refractivity contribution in [2.75, 3.05) is 0 Å². The van der Waals surface area contributed by atoms with Crippen LogP contribution < -0.4 is 17.0 Å². The summed E-state index contributed by atoms with van der Waals surface area (Å²) < 4.78 is 3.14. The van der Waals surface area contributed by atoms with Crippen molar-refractivity contribution in [3.63, 3.8) is 0 Å². The molecule has 2 rings (SSSR count). The van der Waals surface area contributed by atoms with E-state index in [9.17, 15) is 9.59 Å². The molecule has 0 amide bonds. The van der Waals surface area contributed by atoms with Crippen molar-refractivity contribution in [1.82, 2.24) is 19.1 Å². The Morgan fingerprint density at radius 1 is 1.32 bits per heavy atom. The van der Waals surface area contributed by atoms with Crippen LogP contribution in [0, 0.1) is 5.92 Å². The highest BCUT2D eigenvalue weighted by Crippen LogP contribution is 2.14. The van der Waals surface area contributed by atoms with Crippen LogP contribution in [-0.4, -0.2) is 19.1 Å². The van der Waals surface area contributed by atoms with Gasteiger partial charge >= 0.3 is 5.69 Å². The zero-order valence-electron chi connectivity index (χ0n) is 11.6. The van der Waals surface area contributed by atoms with Gasteiger partial charge < -0.3 is 10.3 Å². The molecule has 2 heterocycles. The zero-order chi connectivity index (χ0) is 14.3. The molecule has 0 fully saturated rings. The Morgan fingerprint density at radius 2 is 1.95 bits per heavy atom. The molecule has 104 valence electrons. The van der Waals surface area contributed by atoms with Crippen LogP contribution in [0.5, 0.6) is 0 Å². The van der Waals surface area contributed by atoms with E-state index in [1.807, 2.05) is 13.8 Å². The Balaban J connectivity index is 2.87. The fourth-order valence-electron chi connectivity index (χ4n) is 2.20. The molecule has 19 heavy (non-hydrogen) atoms. The van der Waals surface area contributed by atoms with Crippen molar-refractivity contribution in [2.45, 2.75) is 33.4 Å². The van der Waals surface area contributed by atoms with Gasteiger partial charge in [0.25, 0.3) is 5.56 Å². The Kier molecular flexibility index (Phi) is 3.32. The summed E-state index contributed by atoms with van der Waals surface area (Å²) >= 11 is 0. The van der Waals surface area contributed by atoms with Gasteiger partial charge in [-0.2, -0.15) is 0 Å². The number of imidazole rings is 1. The zero-order valence-corrected chi connectivity index (χ0v) is 11.6. The first-order chi connectivity index (χ1) is 8.82. The van der Waals surface area contributed by atoms with Gasteiger partial charge in [-0.15, -0.1) is 0 Å². The van der Waals surface area contributed by atoms with E-state index in [-0.39, 0.29) is 12.0 Å². The first kappa shape index (κ1) is 13.5. The molecule has 0 radical (unpaired) electrons. The van der Waals surface area contributed by atoms with Crippen molar-refractivity contribution in [1.29, 1.82) is 0 Å². The lowest BCUT2D eigenvalue weighted by molar-refractivity contribution is 0.513. The molecule has 0 saturated carbocycles. The van der Waals surface area contributed by atoms with Crippen LogP contribution in [0.15, 0.2) is 9.59 Å². The average molecular weight is 265 g/mol. The number of nitrogens with zero attached hydrogens (tertiary/aromatic N) is 3. The summed E-state index contributed by atoms with van der Waals surface area (Å²) in [7, 11) is 1.73. The maximum atomic E-state index is 11.9. The van der Waals surface area contributed by atoms with Gasteiger partial charge in [-0.05, 0) is 12.8 Å². The molecule has 7 nitrogen and oxygen atoms in total. The van der Waals surface area contributed by atoms with Crippen LogP contribution in [0.2, 0.25) is 0 Å². The minimum Gasteiger partial charge on any atom is -0.324 e. The number of rotatable bonds is 3. The van der Waals surface area contributed by atoms with Crippen molar-refractivity contribution < 1.29 is 0 Å². The molecular weight excluding hydrogens is 246 g/mol. The second-order valence-electron chi connectivity index (χ2n) is 5.25. The number of aryl methyl sites for hydroxylation is 1. The predicted octanol–water partition coefficient (Wildman–Crippen LogP) is 0.0990. The molecule has 0 aliphatic rings. The molecule has 2 aromatic rings. The monoisotopic (exact) mass is 265 g/mol. The minimum atomic E-state index is -0.430. The lowest BCUT2D eigenvalue weighted by Gasteiger charge is -2.08. The van der Waals surface area contributed by atoms with Gasteiger partial charge in [0, 0.05) is 13.6 Å². The third kappa shape index (κ3) is 2.21. The first-order valence-electron chi connectivity index (χ1n) is 6.28. The number of aromatic amines is 1. The number of nitrogens with two attached hydrogens (primary N) is 1. The Hall–Kier alpha value is -1.89. The predicted molar refractivity (Wildman–Crippen MR) is 73.0 cm³/mol. The molecule has 7 heteroatoms. The highest BCUT2D eigenvalue weighted by atomic mass is 16.2. The average Bonchev–Trinajstić information content (AvgIpc) is 2.62. The maximum absolute atomic E-state index is 11.9. The Labute approximate surface area is 110 Å². The molecule has 0 saturated heterocycles. The lowest BCUT2D eigenvalue weighted by Crippen LogP contribution is -2.32. The second kappa shape index (κ2) is 4.65. The number of hydrogen-bond acceptors (Lipinski definition) is 4. The van der Waals surface area contributed by atoms with E-state index in [0.717, 1.165) is 0 Å².